The van der Waals surface area contributed by atoms with Crippen LogP contribution in [-0.2, 0) is 0 Å². The molecule has 3 aromatic rings. The largest absolute Gasteiger partial charge is 0.497 e. The van der Waals surface area contributed by atoms with Crippen LogP contribution >= 0.6 is 11.8 Å². The van der Waals surface area contributed by atoms with E-state index in [-0.39, 0.29) is 5.91 Å². The van der Waals surface area contributed by atoms with Crippen molar-refractivity contribution >= 4 is 23.4 Å². The van der Waals surface area contributed by atoms with Gasteiger partial charge < -0.3 is 10.1 Å². The lowest BCUT2D eigenvalue weighted by molar-refractivity contribution is 0.102. The summed E-state index contributed by atoms with van der Waals surface area (Å²) in [7, 11) is 1.59. The minimum Gasteiger partial charge on any atom is -0.497 e. The molecule has 132 valence electrons. The van der Waals surface area contributed by atoms with Crippen molar-refractivity contribution in [2.45, 2.75) is 11.9 Å². The maximum atomic E-state index is 12.4. The first-order valence-electron chi connectivity index (χ1n) is 8.22. The standard InChI is InChI=1S/C20H19N3O2S/c1-3-26-19-12-11-18(22-23-19)15-5-4-6-16(13-15)21-20(24)14-7-9-17(25-2)10-8-14/h4-13H,3H2,1-2H3,(H,21,24). The number of amides is 1. The molecule has 0 aliphatic heterocycles. The fraction of sp³-hybridized carbons (Fsp3) is 0.150. The quantitative estimate of drug-likeness (QED) is 0.651. The van der Waals surface area contributed by atoms with Crippen LogP contribution in [0.4, 0.5) is 5.69 Å². The predicted octanol–water partition coefficient (Wildman–Crippen LogP) is 4.52. The smallest absolute Gasteiger partial charge is 0.255 e. The molecule has 0 fully saturated rings. The Hall–Kier alpha value is -2.86. The Bertz CT molecular complexity index is 880. The van der Waals surface area contributed by atoms with Crippen molar-refractivity contribution in [3.63, 3.8) is 0 Å². The second kappa shape index (κ2) is 8.49. The Labute approximate surface area is 156 Å². The Morgan fingerprint density at radius 1 is 1.08 bits per heavy atom. The van der Waals surface area contributed by atoms with Crippen LogP contribution in [0, 0.1) is 0 Å². The first kappa shape index (κ1) is 17.9. The highest BCUT2D eigenvalue weighted by atomic mass is 32.2. The zero-order chi connectivity index (χ0) is 18.4. The van der Waals surface area contributed by atoms with Gasteiger partial charge in [-0.3, -0.25) is 4.79 Å². The van der Waals surface area contributed by atoms with Crippen LogP contribution in [0.2, 0.25) is 0 Å². The molecule has 6 heteroatoms. The molecule has 5 nitrogen and oxygen atoms in total. The molecule has 1 heterocycles. The molecular formula is C20H19N3O2S. The Kier molecular flexibility index (Phi) is 5.86. The van der Waals surface area contributed by atoms with Crippen LogP contribution in [0.5, 0.6) is 5.75 Å². The number of methoxy groups -OCH3 is 1. The second-order valence-corrected chi connectivity index (χ2v) is 6.74. The van der Waals surface area contributed by atoms with Gasteiger partial charge in [-0.1, -0.05) is 19.1 Å². The van der Waals surface area contributed by atoms with E-state index in [1.54, 1.807) is 43.1 Å². The SMILES string of the molecule is CCSc1ccc(-c2cccc(NC(=O)c3ccc(OC)cc3)c2)nn1. The fourth-order valence-electron chi connectivity index (χ4n) is 2.40. The minimum atomic E-state index is -0.175. The van der Waals surface area contributed by atoms with Gasteiger partial charge in [-0.25, -0.2) is 0 Å². The Morgan fingerprint density at radius 2 is 1.88 bits per heavy atom. The van der Waals surface area contributed by atoms with E-state index in [1.165, 1.54) is 0 Å². The van der Waals surface area contributed by atoms with E-state index >= 15 is 0 Å². The number of hydrogen-bond acceptors (Lipinski definition) is 5. The number of anilines is 1. The zero-order valence-electron chi connectivity index (χ0n) is 14.6. The number of carbonyl (C=O) groups excluding carboxylic acids is 1. The third-order valence-electron chi connectivity index (χ3n) is 3.70. The Balaban J connectivity index is 1.75. The summed E-state index contributed by atoms with van der Waals surface area (Å²) in [5.41, 5.74) is 2.94. The van der Waals surface area contributed by atoms with E-state index < -0.39 is 0 Å². The summed E-state index contributed by atoms with van der Waals surface area (Å²) in [5.74, 6) is 1.50. The molecule has 0 saturated heterocycles. The molecule has 2 aromatic carbocycles. The number of hydrogen-bond donors (Lipinski definition) is 1. The van der Waals surface area contributed by atoms with Gasteiger partial charge >= 0.3 is 0 Å². The van der Waals surface area contributed by atoms with Crippen molar-refractivity contribution in [2.75, 3.05) is 18.2 Å². The van der Waals surface area contributed by atoms with Crippen LogP contribution in [0.1, 0.15) is 17.3 Å². The topological polar surface area (TPSA) is 64.1 Å². The van der Waals surface area contributed by atoms with E-state index in [1.807, 2.05) is 36.4 Å². The van der Waals surface area contributed by atoms with E-state index in [9.17, 15) is 4.79 Å². The predicted molar refractivity (Wildman–Crippen MR) is 105 cm³/mol. The fourth-order valence-corrected chi connectivity index (χ4v) is 2.96. The molecule has 26 heavy (non-hydrogen) atoms. The van der Waals surface area contributed by atoms with Crippen molar-refractivity contribution in [2.24, 2.45) is 0 Å². The molecular weight excluding hydrogens is 346 g/mol. The van der Waals surface area contributed by atoms with E-state index in [4.69, 9.17) is 4.74 Å². The normalized spacial score (nSPS) is 10.4. The molecule has 0 atom stereocenters. The lowest BCUT2D eigenvalue weighted by Crippen LogP contribution is -2.11. The zero-order valence-corrected chi connectivity index (χ0v) is 15.4. The third kappa shape index (κ3) is 4.40. The van der Waals surface area contributed by atoms with Crippen LogP contribution in [0.3, 0.4) is 0 Å². The molecule has 0 spiro atoms. The molecule has 1 amide bonds. The van der Waals surface area contributed by atoms with Gasteiger partial charge in [-0.15, -0.1) is 22.0 Å². The van der Waals surface area contributed by atoms with Gasteiger partial charge in [0.15, 0.2) is 0 Å². The summed E-state index contributed by atoms with van der Waals surface area (Å²) in [5, 5.41) is 12.3. The molecule has 3 rings (SSSR count). The van der Waals surface area contributed by atoms with E-state index in [0.717, 1.165) is 22.0 Å². The monoisotopic (exact) mass is 365 g/mol. The maximum absolute atomic E-state index is 12.4. The number of ether oxygens (including phenoxy) is 1. The lowest BCUT2D eigenvalue weighted by Gasteiger charge is -2.08. The second-order valence-electron chi connectivity index (χ2n) is 5.45. The highest BCUT2D eigenvalue weighted by Crippen LogP contribution is 2.23. The number of nitrogens with one attached hydrogen (secondary N) is 1. The number of thioether (sulfide) groups is 1. The molecule has 0 bridgehead atoms. The maximum Gasteiger partial charge on any atom is 0.255 e. The summed E-state index contributed by atoms with van der Waals surface area (Å²) in [6.07, 6.45) is 0. The summed E-state index contributed by atoms with van der Waals surface area (Å²) in [6, 6.07) is 18.4. The number of nitrogens with zero attached hydrogens (tertiary/aromatic N) is 2. The molecule has 1 N–H and O–H groups in total. The van der Waals surface area contributed by atoms with Gasteiger partial charge in [-0.05, 0) is 54.3 Å². The van der Waals surface area contributed by atoms with Gasteiger partial charge in [-0.2, -0.15) is 0 Å². The molecule has 0 aliphatic carbocycles. The summed E-state index contributed by atoms with van der Waals surface area (Å²) in [4.78, 5) is 12.4. The molecule has 0 saturated carbocycles. The van der Waals surface area contributed by atoms with Crippen molar-refractivity contribution < 1.29 is 9.53 Å². The number of aromatic nitrogens is 2. The molecule has 0 radical (unpaired) electrons. The van der Waals surface area contributed by atoms with Gasteiger partial charge in [0, 0.05) is 16.8 Å². The first-order valence-corrected chi connectivity index (χ1v) is 9.20. The summed E-state index contributed by atoms with van der Waals surface area (Å²) < 4.78 is 5.11. The first-order chi connectivity index (χ1) is 12.7. The summed E-state index contributed by atoms with van der Waals surface area (Å²) in [6.45, 7) is 2.08. The highest BCUT2D eigenvalue weighted by Gasteiger charge is 2.08. The van der Waals surface area contributed by atoms with Crippen LogP contribution in [-0.4, -0.2) is 29.0 Å². The van der Waals surface area contributed by atoms with Crippen molar-refractivity contribution in [3.8, 4) is 17.0 Å². The minimum absolute atomic E-state index is 0.175. The van der Waals surface area contributed by atoms with Gasteiger partial charge in [0.25, 0.3) is 5.91 Å². The van der Waals surface area contributed by atoms with E-state index in [0.29, 0.717) is 17.0 Å². The number of rotatable bonds is 6. The van der Waals surface area contributed by atoms with E-state index in [2.05, 4.69) is 22.4 Å². The van der Waals surface area contributed by atoms with Gasteiger partial charge in [0.1, 0.15) is 10.8 Å². The summed E-state index contributed by atoms with van der Waals surface area (Å²) >= 11 is 1.65. The van der Waals surface area contributed by atoms with Gasteiger partial charge in [0.2, 0.25) is 0 Å². The van der Waals surface area contributed by atoms with Crippen LogP contribution in [0.15, 0.2) is 65.7 Å². The lowest BCUT2D eigenvalue weighted by atomic mass is 10.1. The van der Waals surface area contributed by atoms with Crippen molar-refractivity contribution in [1.82, 2.24) is 10.2 Å². The molecule has 0 unspecified atom stereocenters. The average molecular weight is 365 g/mol. The average Bonchev–Trinajstić information content (AvgIpc) is 2.69. The number of carbonyl (C=O) groups is 1. The van der Waals surface area contributed by atoms with Crippen LogP contribution in [0.25, 0.3) is 11.3 Å². The Morgan fingerprint density at radius 3 is 2.54 bits per heavy atom. The van der Waals surface area contributed by atoms with Crippen molar-refractivity contribution in [1.29, 1.82) is 0 Å². The third-order valence-corrected chi connectivity index (χ3v) is 4.50. The highest BCUT2D eigenvalue weighted by molar-refractivity contribution is 7.99. The molecule has 0 aliphatic rings. The molecule has 1 aromatic heterocycles. The number of benzene rings is 2. The van der Waals surface area contributed by atoms with Crippen LogP contribution < -0.4 is 10.1 Å². The van der Waals surface area contributed by atoms with Gasteiger partial charge in [0.05, 0.1) is 12.8 Å². The van der Waals surface area contributed by atoms with Crippen molar-refractivity contribution in [3.05, 3.63) is 66.2 Å².